The van der Waals surface area contributed by atoms with Crippen molar-refractivity contribution in [2.45, 2.75) is 12.1 Å². The van der Waals surface area contributed by atoms with E-state index >= 15 is 0 Å². The van der Waals surface area contributed by atoms with Crippen molar-refractivity contribution >= 4 is 29.6 Å². The quantitative estimate of drug-likeness (QED) is 0.312. The van der Waals surface area contributed by atoms with Crippen molar-refractivity contribution in [1.82, 2.24) is 15.0 Å². The van der Waals surface area contributed by atoms with Crippen molar-refractivity contribution in [2.24, 2.45) is 5.84 Å². The maximum atomic E-state index is 11.4. The van der Waals surface area contributed by atoms with Gasteiger partial charge in [-0.05, 0) is 6.92 Å². The van der Waals surface area contributed by atoms with Gasteiger partial charge in [0.2, 0.25) is 11.9 Å². The lowest BCUT2D eigenvalue weighted by Gasteiger charge is -2.26. The molecule has 2 heterocycles. The molecule has 0 radical (unpaired) electrons. The molecule has 0 aromatic carbocycles. The number of ether oxygens (including phenoxy) is 2. The number of aromatic nitrogens is 3. The van der Waals surface area contributed by atoms with Crippen LogP contribution in [-0.2, 0) is 14.3 Å². The highest BCUT2D eigenvalue weighted by Crippen LogP contribution is 2.19. The van der Waals surface area contributed by atoms with Crippen LogP contribution in [0, 0.1) is 0 Å². The Balaban J connectivity index is 2.07. The Morgan fingerprint density at radius 2 is 2.19 bits per heavy atom. The summed E-state index contributed by atoms with van der Waals surface area (Å²) in [6, 6.07) is 0. The van der Waals surface area contributed by atoms with E-state index in [1.807, 2.05) is 4.90 Å². The number of hydrogen-bond donors (Lipinski definition) is 2. The largest absolute Gasteiger partial charge is 0.465 e. The molecule has 1 aromatic heterocycles. The number of esters is 1. The maximum absolute atomic E-state index is 11.4. The maximum Gasteiger partial charge on any atom is 0.316 e. The molecule has 0 saturated carbocycles. The summed E-state index contributed by atoms with van der Waals surface area (Å²) < 4.78 is 10.2. The second-order valence-electron chi connectivity index (χ2n) is 4.08. The predicted octanol–water partition coefficient (Wildman–Crippen LogP) is -0.351. The van der Waals surface area contributed by atoms with E-state index < -0.39 is 0 Å². The number of nitrogens with two attached hydrogens (primary N) is 1. The lowest BCUT2D eigenvalue weighted by molar-refractivity contribution is -0.139. The number of hydrogen-bond acceptors (Lipinski definition) is 10. The fraction of sp³-hybridized carbons (Fsp3) is 0.636. The topological polar surface area (TPSA) is 115 Å². The van der Waals surface area contributed by atoms with E-state index in [0.29, 0.717) is 44.0 Å². The smallest absolute Gasteiger partial charge is 0.316 e. The zero-order chi connectivity index (χ0) is 15.1. The first-order valence-corrected chi connectivity index (χ1v) is 7.55. The summed E-state index contributed by atoms with van der Waals surface area (Å²) in [7, 11) is 0. The summed E-state index contributed by atoms with van der Waals surface area (Å²) in [6.45, 7) is 4.78. The molecule has 1 aromatic rings. The highest BCUT2D eigenvalue weighted by atomic mass is 32.2. The summed E-state index contributed by atoms with van der Waals surface area (Å²) in [5, 5.41) is 0.424. The fourth-order valence-electron chi connectivity index (χ4n) is 1.71. The first-order chi connectivity index (χ1) is 10.2. The molecule has 0 atom stereocenters. The van der Waals surface area contributed by atoms with Crippen molar-refractivity contribution in [3.05, 3.63) is 0 Å². The van der Waals surface area contributed by atoms with Crippen LogP contribution in [0.15, 0.2) is 5.16 Å². The summed E-state index contributed by atoms with van der Waals surface area (Å²) in [6.07, 6.45) is 0. The third kappa shape index (κ3) is 4.69. The molecule has 0 bridgehead atoms. The normalized spacial score (nSPS) is 14.9. The molecule has 21 heavy (non-hydrogen) atoms. The second kappa shape index (κ2) is 7.96. The van der Waals surface area contributed by atoms with Gasteiger partial charge in [0.1, 0.15) is 0 Å². The van der Waals surface area contributed by atoms with Gasteiger partial charge in [0.05, 0.1) is 25.6 Å². The average Bonchev–Trinajstić information content (AvgIpc) is 2.54. The molecule has 3 N–H and O–H groups in total. The van der Waals surface area contributed by atoms with E-state index in [2.05, 4.69) is 20.4 Å². The van der Waals surface area contributed by atoms with E-state index in [0.717, 1.165) is 0 Å². The van der Waals surface area contributed by atoms with E-state index in [9.17, 15) is 4.79 Å². The van der Waals surface area contributed by atoms with Crippen LogP contribution in [0.25, 0.3) is 0 Å². The van der Waals surface area contributed by atoms with Gasteiger partial charge < -0.3 is 14.4 Å². The van der Waals surface area contributed by atoms with E-state index in [1.165, 1.54) is 11.8 Å². The Morgan fingerprint density at radius 1 is 1.43 bits per heavy atom. The Bertz CT molecular complexity index is 483. The number of nitrogens with one attached hydrogen (secondary N) is 1. The molecule has 1 aliphatic rings. The molecule has 1 fully saturated rings. The van der Waals surface area contributed by atoms with Crippen LogP contribution in [0.3, 0.4) is 0 Å². The summed E-state index contributed by atoms with van der Waals surface area (Å²) >= 11 is 1.19. The predicted molar refractivity (Wildman–Crippen MR) is 78.0 cm³/mol. The van der Waals surface area contributed by atoms with Crippen LogP contribution in [0.5, 0.6) is 0 Å². The number of anilines is 2. The minimum absolute atomic E-state index is 0.143. The van der Waals surface area contributed by atoms with Gasteiger partial charge in [-0.25, -0.2) is 5.84 Å². The molecule has 1 aliphatic heterocycles. The SMILES string of the molecule is CCOC(=O)CSc1nc(NN)nc(N2CCOCC2)n1. The van der Waals surface area contributed by atoms with Gasteiger partial charge in [-0.3, -0.25) is 10.2 Å². The zero-order valence-electron chi connectivity index (χ0n) is 11.7. The Kier molecular flexibility index (Phi) is 5.96. The zero-order valence-corrected chi connectivity index (χ0v) is 12.6. The van der Waals surface area contributed by atoms with Crippen molar-refractivity contribution in [3.8, 4) is 0 Å². The Morgan fingerprint density at radius 3 is 2.86 bits per heavy atom. The monoisotopic (exact) mass is 314 g/mol. The van der Waals surface area contributed by atoms with Crippen molar-refractivity contribution in [2.75, 3.05) is 49.0 Å². The van der Waals surface area contributed by atoms with Crippen LogP contribution in [0.2, 0.25) is 0 Å². The van der Waals surface area contributed by atoms with Crippen LogP contribution in [0.4, 0.5) is 11.9 Å². The highest BCUT2D eigenvalue weighted by Gasteiger charge is 2.17. The Hall–Kier alpha value is -1.65. The van der Waals surface area contributed by atoms with Gasteiger partial charge in [0.15, 0.2) is 5.16 Å². The number of carbonyl (C=O) groups is 1. The van der Waals surface area contributed by atoms with Gasteiger partial charge in [-0.1, -0.05) is 11.8 Å². The number of carbonyl (C=O) groups excluding carboxylic acids is 1. The first kappa shape index (κ1) is 15.7. The number of nitrogens with zero attached hydrogens (tertiary/aromatic N) is 4. The molecule has 2 rings (SSSR count). The highest BCUT2D eigenvalue weighted by molar-refractivity contribution is 7.99. The molecule has 10 heteroatoms. The second-order valence-corrected chi connectivity index (χ2v) is 5.02. The van der Waals surface area contributed by atoms with Crippen LogP contribution in [0.1, 0.15) is 6.92 Å². The minimum Gasteiger partial charge on any atom is -0.465 e. The van der Waals surface area contributed by atoms with Gasteiger partial charge in [0, 0.05) is 13.1 Å². The molecular weight excluding hydrogens is 296 g/mol. The molecule has 0 unspecified atom stereocenters. The number of rotatable bonds is 6. The molecule has 0 spiro atoms. The molecule has 0 amide bonds. The summed E-state index contributed by atoms with van der Waals surface area (Å²) in [5.41, 5.74) is 2.41. The van der Waals surface area contributed by atoms with E-state index in [1.54, 1.807) is 6.92 Å². The molecule has 0 aliphatic carbocycles. The van der Waals surface area contributed by atoms with Gasteiger partial charge in [-0.2, -0.15) is 15.0 Å². The number of morpholine rings is 1. The van der Waals surface area contributed by atoms with Crippen molar-refractivity contribution < 1.29 is 14.3 Å². The molecule has 9 nitrogen and oxygen atoms in total. The minimum atomic E-state index is -0.307. The fourth-order valence-corrected chi connectivity index (χ4v) is 2.33. The third-order valence-corrected chi connectivity index (χ3v) is 3.47. The third-order valence-electron chi connectivity index (χ3n) is 2.65. The lowest BCUT2D eigenvalue weighted by atomic mass is 10.4. The Labute approximate surface area is 126 Å². The average molecular weight is 314 g/mol. The van der Waals surface area contributed by atoms with Crippen LogP contribution >= 0.6 is 11.8 Å². The van der Waals surface area contributed by atoms with Crippen molar-refractivity contribution in [1.29, 1.82) is 0 Å². The summed E-state index contributed by atoms with van der Waals surface area (Å²) in [4.78, 5) is 26.0. The number of thioether (sulfide) groups is 1. The molecule has 1 saturated heterocycles. The van der Waals surface area contributed by atoms with Gasteiger partial charge >= 0.3 is 5.97 Å². The van der Waals surface area contributed by atoms with E-state index in [4.69, 9.17) is 15.3 Å². The van der Waals surface area contributed by atoms with Crippen molar-refractivity contribution in [3.63, 3.8) is 0 Å². The van der Waals surface area contributed by atoms with Gasteiger partial charge in [0.25, 0.3) is 0 Å². The molecular formula is C11H18N6O3S. The van der Waals surface area contributed by atoms with Gasteiger partial charge in [-0.15, -0.1) is 0 Å². The standard InChI is InChI=1S/C11H18N6O3S/c1-2-20-8(18)7-21-11-14-9(16-12)13-10(15-11)17-3-5-19-6-4-17/h2-7,12H2,1H3,(H,13,14,15,16). The summed E-state index contributed by atoms with van der Waals surface area (Å²) in [5.74, 6) is 5.99. The number of nitrogen functional groups attached to an aromatic ring is 1. The first-order valence-electron chi connectivity index (χ1n) is 6.56. The number of hydrazine groups is 1. The van der Waals surface area contributed by atoms with E-state index in [-0.39, 0.29) is 17.7 Å². The lowest BCUT2D eigenvalue weighted by Crippen LogP contribution is -2.37. The molecule has 116 valence electrons. The van der Waals surface area contributed by atoms with Crippen LogP contribution in [-0.4, -0.2) is 59.6 Å². The van der Waals surface area contributed by atoms with Crippen LogP contribution < -0.4 is 16.2 Å².